The minimum Gasteiger partial charge on any atom is -0.478 e. The highest BCUT2D eigenvalue weighted by atomic mass is 35.5. The van der Waals surface area contributed by atoms with E-state index in [1.165, 1.54) is 6.07 Å². The highest BCUT2D eigenvalue weighted by Gasteiger charge is 2.15. The van der Waals surface area contributed by atoms with Gasteiger partial charge in [-0.3, -0.25) is 0 Å². The molecule has 92 valence electrons. The van der Waals surface area contributed by atoms with Crippen molar-refractivity contribution in [3.63, 3.8) is 0 Å². The molecule has 0 radical (unpaired) electrons. The lowest BCUT2D eigenvalue weighted by atomic mass is 10.2. The van der Waals surface area contributed by atoms with Gasteiger partial charge in [0.05, 0.1) is 0 Å². The third kappa shape index (κ3) is 2.43. The van der Waals surface area contributed by atoms with Gasteiger partial charge in [0, 0.05) is 24.0 Å². The summed E-state index contributed by atoms with van der Waals surface area (Å²) in [5.74, 6) is -0.605. The molecule has 5 heteroatoms. The third-order valence-electron chi connectivity index (χ3n) is 2.55. The van der Waals surface area contributed by atoms with Crippen LogP contribution in [0.5, 0.6) is 0 Å². The first-order chi connectivity index (χ1) is 8.59. The van der Waals surface area contributed by atoms with Gasteiger partial charge >= 0.3 is 5.97 Å². The normalized spacial score (nSPS) is 10.1. The van der Waals surface area contributed by atoms with Crippen LogP contribution in [0.4, 0.5) is 11.5 Å². The fourth-order valence-corrected chi connectivity index (χ4v) is 1.74. The Labute approximate surface area is 109 Å². The minimum atomic E-state index is -1.00. The van der Waals surface area contributed by atoms with Crippen LogP contribution in [0.3, 0.4) is 0 Å². The highest BCUT2D eigenvalue weighted by Crippen LogP contribution is 2.25. The van der Waals surface area contributed by atoms with E-state index in [2.05, 4.69) is 4.98 Å². The molecule has 0 aliphatic rings. The summed E-state index contributed by atoms with van der Waals surface area (Å²) >= 11 is 5.82. The first kappa shape index (κ1) is 12.4. The zero-order valence-electron chi connectivity index (χ0n) is 9.67. The van der Waals surface area contributed by atoms with Gasteiger partial charge in [-0.25, -0.2) is 9.78 Å². The monoisotopic (exact) mass is 262 g/mol. The van der Waals surface area contributed by atoms with Crippen molar-refractivity contribution in [2.75, 3.05) is 11.9 Å². The molecular formula is C13H11ClN2O2. The number of halogens is 1. The molecule has 0 aliphatic carbocycles. The zero-order valence-corrected chi connectivity index (χ0v) is 10.4. The second kappa shape index (κ2) is 5.06. The number of rotatable bonds is 3. The Morgan fingerprint density at radius 1 is 1.28 bits per heavy atom. The van der Waals surface area contributed by atoms with Crippen LogP contribution in [-0.2, 0) is 0 Å². The standard InChI is InChI=1S/C13H11ClN2O2/c1-16(10-6-4-9(14)5-7-10)12-11(13(17)18)3-2-8-15-12/h2-8H,1H3,(H,17,18). The molecule has 0 aliphatic heterocycles. The number of aromatic nitrogens is 1. The number of pyridine rings is 1. The maximum absolute atomic E-state index is 11.1. The Kier molecular flexibility index (Phi) is 3.48. The number of benzene rings is 1. The summed E-state index contributed by atoms with van der Waals surface area (Å²) in [6, 6.07) is 10.2. The molecule has 0 amide bonds. The van der Waals surface area contributed by atoms with Crippen molar-refractivity contribution in [2.45, 2.75) is 0 Å². The topological polar surface area (TPSA) is 53.4 Å². The van der Waals surface area contributed by atoms with Crippen LogP contribution in [0.2, 0.25) is 5.02 Å². The van der Waals surface area contributed by atoms with Crippen molar-refractivity contribution in [3.05, 3.63) is 53.2 Å². The second-order valence-electron chi connectivity index (χ2n) is 3.72. The second-order valence-corrected chi connectivity index (χ2v) is 4.15. The summed E-state index contributed by atoms with van der Waals surface area (Å²) in [6.07, 6.45) is 1.56. The average molecular weight is 263 g/mol. The van der Waals surface area contributed by atoms with Gasteiger partial charge in [0.2, 0.25) is 0 Å². The molecule has 0 unspecified atom stereocenters. The van der Waals surface area contributed by atoms with E-state index in [1.54, 1.807) is 36.3 Å². The fraction of sp³-hybridized carbons (Fsp3) is 0.0769. The summed E-state index contributed by atoms with van der Waals surface area (Å²) in [7, 11) is 1.76. The Hall–Kier alpha value is -2.07. The molecule has 1 aromatic heterocycles. The van der Waals surface area contributed by atoms with Crippen molar-refractivity contribution in [1.29, 1.82) is 0 Å². The number of hydrogen-bond donors (Lipinski definition) is 1. The van der Waals surface area contributed by atoms with Crippen LogP contribution in [0.1, 0.15) is 10.4 Å². The van der Waals surface area contributed by atoms with Crippen molar-refractivity contribution < 1.29 is 9.90 Å². The lowest BCUT2D eigenvalue weighted by molar-refractivity contribution is 0.0697. The van der Waals surface area contributed by atoms with Crippen molar-refractivity contribution >= 4 is 29.1 Å². The van der Waals surface area contributed by atoms with E-state index in [1.807, 2.05) is 12.1 Å². The van der Waals surface area contributed by atoms with Gasteiger partial charge < -0.3 is 10.0 Å². The molecule has 0 saturated heterocycles. The number of carbonyl (C=O) groups is 1. The van der Waals surface area contributed by atoms with E-state index in [0.717, 1.165) is 5.69 Å². The maximum atomic E-state index is 11.1. The van der Waals surface area contributed by atoms with Crippen molar-refractivity contribution in [2.24, 2.45) is 0 Å². The Bertz CT molecular complexity index is 569. The van der Waals surface area contributed by atoms with Gasteiger partial charge in [-0.15, -0.1) is 0 Å². The Morgan fingerprint density at radius 3 is 2.56 bits per heavy atom. The molecule has 0 spiro atoms. The van der Waals surface area contributed by atoms with Crippen LogP contribution in [-0.4, -0.2) is 23.1 Å². The van der Waals surface area contributed by atoms with E-state index in [9.17, 15) is 4.79 Å². The highest BCUT2D eigenvalue weighted by molar-refractivity contribution is 6.30. The van der Waals surface area contributed by atoms with Crippen LogP contribution in [0.15, 0.2) is 42.6 Å². The number of hydrogen-bond acceptors (Lipinski definition) is 3. The number of carboxylic acid groups (broad SMARTS) is 1. The lowest BCUT2D eigenvalue weighted by Gasteiger charge is -2.19. The molecule has 0 fully saturated rings. The number of nitrogens with zero attached hydrogens (tertiary/aromatic N) is 2. The van der Waals surface area contributed by atoms with E-state index in [0.29, 0.717) is 10.8 Å². The fourth-order valence-electron chi connectivity index (χ4n) is 1.62. The average Bonchev–Trinajstić information content (AvgIpc) is 2.39. The largest absolute Gasteiger partial charge is 0.478 e. The molecule has 0 bridgehead atoms. The molecule has 2 rings (SSSR count). The molecule has 1 N–H and O–H groups in total. The van der Waals surface area contributed by atoms with Gasteiger partial charge in [-0.2, -0.15) is 0 Å². The molecule has 1 heterocycles. The maximum Gasteiger partial charge on any atom is 0.339 e. The SMILES string of the molecule is CN(c1ccc(Cl)cc1)c1ncccc1C(=O)O. The molecule has 4 nitrogen and oxygen atoms in total. The number of anilines is 2. The van der Waals surface area contributed by atoms with E-state index >= 15 is 0 Å². The summed E-state index contributed by atoms with van der Waals surface area (Å²) in [5.41, 5.74) is 0.982. The van der Waals surface area contributed by atoms with Crippen LogP contribution in [0.25, 0.3) is 0 Å². The van der Waals surface area contributed by atoms with Gasteiger partial charge in [0.1, 0.15) is 11.4 Å². The predicted octanol–water partition coefficient (Wildman–Crippen LogP) is 3.20. The molecule has 0 saturated carbocycles. The predicted molar refractivity (Wildman–Crippen MR) is 70.7 cm³/mol. The quantitative estimate of drug-likeness (QED) is 0.923. The van der Waals surface area contributed by atoms with Crippen molar-refractivity contribution in [1.82, 2.24) is 4.98 Å². The summed E-state index contributed by atoms with van der Waals surface area (Å²) in [6.45, 7) is 0. The summed E-state index contributed by atoms with van der Waals surface area (Å²) in [5, 5.41) is 9.75. The Balaban J connectivity index is 2.42. The minimum absolute atomic E-state index is 0.162. The van der Waals surface area contributed by atoms with Crippen LogP contribution < -0.4 is 4.90 Å². The molecule has 18 heavy (non-hydrogen) atoms. The first-order valence-electron chi connectivity index (χ1n) is 5.27. The van der Waals surface area contributed by atoms with E-state index in [-0.39, 0.29) is 5.56 Å². The summed E-state index contributed by atoms with van der Waals surface area (Å²) < 4.78 is 0. The molecular weight excluding hydrogens is 252 g/mol. The summed E-state index contributed by atoms with van der Waals surface area (Å²) in [4.78, 5) is 16.9. The van der Waals surface area contributed by atoms with E-state index in [4.69, 9.17) is 16.7 Å². The molecule has 1 aromatic carbocycles. The van der Waals surface area contributed by atoms with Gasteiger partial charge in [0.25, 0.3) is 0 Å². The van der Waals surface area contributed by atoms with Gasteiger partial charge in [-0.1, -0.05) is 11.6 Å². The lowest BCUT2D eigenvalue weighted by Crippen LogP contribution is -2.15. The zero-order chi connectivity index (χ0) is 13.1. The van der Waals surface area contributed by atoms with E-state index < -0.39 is 5.97 Å². The smallest absolute Gasteiger partial charge is 0.339 e. The van der Waals surface area contributed by atoms with Gasteiger partial charge in [-0.05, 0) is 36.4 Å². The van der Waals surface area contributed by atoms with Crippen molar-refractivity contribution in [3.8, 4) is 0 Å². The number of aromatic carboxylic acids is 1. The van der Waals surface area contributed by atoms with Crippen LogP contribution >= 0.6 is 11.6 Å². The van der Waals surface area contributed by atoms with Crippen LogP contribution in [0, 0.1) is 0 Å². The first-order valence-corrected chi connectivity index (χ1v) is 5.65. The molecule has 0 atom stereocenters. The Morgan fingerprint density at radius 2 is 1.94 bits per heavy atom. The third-order valence-corrected chi connectivity index (χ3v) is 2.80. The number of carboxylic acids is 1. The van der Waals surface area contributed by atoms with Gasteiger partial charge in [0.15, 0.2) is 0 Å². The molecule has 2 aromatic rings.